The molecule has 3 aromatic rings. The molecular weight excluding hydrogens is 469 g/mol. The van der Waals surface area contributed by atoms with Crippen molar-refractivity contribution < 1.29 is 18.3 Å². The van der Waals surface area contributed by atoms with Crippen molar-refractivity contribution in [3.63, 3.8) is 0 Å². The van der Waals surface area contributed by atoms with Crippen molar-refractivity contribution in [1.29, 1.82) is 0 Å². The summed E-state index contributed by atoms with van der Waals surface area (Å²) in [6.45, 7) is 4.17. The summed E-state index contributed by atoms with van der Waals surface area (Å²) in [5.41, 5.74) is 0.386. The summed E-state index contributed by atoms with van der Waals surface area (Å²) in [6, 6.07) is 7.95. The van der Waals surface area contributed by atoms with E-state index in [2.05, 4.69) is 22.1 Å². The Bertz CT molecular complexity index is 1110. The molecule has 11 heteroatoms. The molecule has 1 heterocycles. The second kappa shape index (κ2) is 10.6. The minimum Gasteiger partial charge on any atom is -0.486 e. The van der Waals surface area contributed by atoms with E-state index in [4.69, 9.17) is 27.9 Å². The molecule has 1 aromatic heterocycles. The fourth-order valence-corrected chi connectivity index (χ4v) is 3.58. The lowest BCUT2D eigenvalue weighted by atomic mass is 10.3. The number of hydrogen-bond acceptors (Lipinski definition) is 5. The Kier molecular flexibility index (Phi) is 7.89. The number of amides is 1. The van der Waals surface area contributed by atoms with Gasteiger partial charge >= 0.3 is 0 Å². The molecule has 2 aromatic carbocycles. The maximum absolute atomic E-state index is 13.3. The predicted molar refractivity (Wildman–Crippen MR) is 117 cm³/mol. The van der Waals surface area contributed by atoms with Crippen LogP contribution in [-0.4, -0.2) is 26.4 Å². The number of thioether (sulfide) groups is 1. The van der Waals surface area contributed by atoms with Gasteiger partial charge in [0, 0.05) is 18.3 Å². The summed E-state index contributed by atoms with van der Waals surface area (Å²) in [6.07, 6.45) is 1.66. The molecule has 6 nitrogen and oxygen atoms in total. The number of ether oxygens (including phenoxy) is 1. The normalized spacial score (nSPS) is 10.7. The molecule has 0 bridgehead atoms. The molecule has 162 valence electrons. The average molecular weight is 485 g/mol. The van der Waals surface area contributed by atoms with Gasteiger partial charge in [-0.3, -0.25) is 9.36 Å². The van der Waals surface area contributed by atoms with E-state index in [1.54, 1.807) is 10.6 Å². The summed E-state index contributed by atoms with van der Waals surface area (Å²) in [7, 11) is 0. The lowest BCUT2D eigenvalue weighted by molar-refractivity contribution is -0.113. The highest BCUT2D eigenvalue weighted by Crippen LogP contribution is 2.24. The molecule has 1 N–H and O–H groups in total. The number of rotatable bonds is 9. The molecule has 0 aliphatic carbocycles. The summed E-state index contributed by atoms with van der Waals surface area (Å²) in [5.74, 6) is -0.509. The third kappa shape index (κ3) is 6.19. The first-order valence-electron chi connectivity index (χ1n) is 8.86. The Hall–Kier alpha value is -2.62. The smallest absolute Gasteiger partial charge is 0.234 e. The molecular formula is C20H16Cl2F2N4O2S. The highest BCUT2D eigenvalue weighted by molar-refractivity contribution is 7.99. The highest BCUT2D eigenvalue weighted by atomic mass is 35.5. The zero-order valence-electron chi connectivity index (χ0n) is 15.9. The minimum atomic E-state index is -0.566. The van der Waals surface area contributed by atoms with Crippen LogP contribution < -0.4 is 10.1 Å². The highest BCUT2D eigenvalue weighted by Gasteiger charge is 2.15. The average Bonchev–Trinajstić information content (AvgIpc) is 3.12. The number of halogens is 4. The SMILES string of the molecule is C=CCn1c(COc2ccc(F)c(Cl)c2)nnc1SCC(=O)Nc1ccc(F)c(Cl)c1. The van der Waals surface area contributed by atoms with Crippen molar-refractivity contribution >= 4 is 46.6 Å². The zero-order valence-corrected chi connectivity index (χ0v) is 18.3. The topological polar surface area (TPSA) is 69.0 Å². The molecule has 0 fully saturated rings. The molecule has 31 heavy (non-hydrogen) atoms. The van der Waals surface area contributed by atoms with Crippen LogP contribution >= 0.6 is 35.0 Å². The summed E-state index contributed by atoms with van der Waals surface area (Å²) in [5, 5.41) is 11.2. The van der Waals surface area contributed by atoms with Gasteiger partial charge < -0.3 is 10.1 Å². The second-order valence-electron chi connectivity index (χ2n) is 6.13. The van der Waals surface area contributed by atoms with Crippen LogP contribution in [0.5, 0.6) is 5.75 Å². The van der Waals surface area contributed by atoms with E-state index < -0.39 is 11.6 Å². The predicted octanol–water partition coefficient (Wildman–Crippen LogP) is 5.36. The van der Waals surface area contributed by atoms with Gasteiger partial charge in [-0.25, -0.2) is 8.78 Å². The van der Waals surface area contributed by atoms with E-state index >= 15 is 0 Å². The number of allylic oxidation sites excluding steroid dienone is 1. The monoisotopic (exact) mass is 484 g/mol. The van der Waals surface area contributed by atoms with Crippen molar-refractivity contribution in [3.05, 3.63) is 76.6 Å². The van der Waals surface area contributed by atoms with Crippen LogP contribution in [0.25, 0.3) is 0 Å². The van der Waals surface area contributed by atoms with E-state index in [9.17, 15) is 13.6 Å². The van der Waals surface area contributed by atoms with Crippen LogP contribution in [0.3, 0.4) is 0 Å². The Morgan fingerprint density at radius 1 is 1.16 bits per heavy atom. The Labute approximate surface area is 191 Å². The van der Waals surface area contributed by atoms with Crippen molar-refractivity contribution in [2.45, 2.75) is 18.3 Å². The van der Waals surface area contributed by atoms with Gasteiger partial charge in [-0.1, -0.05) is 41.0 Å². The molecule has 0 aliphatic rings. The van der Waals surface area contributed by atoms with Crippen molar-refractivity contribution in [1.82, 2.24) is 14.8 Å². The molecule has 3 rings (SSSR count). The van der Waals surface area contributed by atoms with Gasteiger partial charge in [-0.15, -0.1) is 16.8 Å². The van der Waals surface area contributed by atoms with Gasteiger partial charge in [0.1, 0.15) is 24.0 Å². The van der Waals surface area contributed by atoms with Crippen LogP contribution in [0.1, 0.15) is 5.82 Å². The lowest BCUT2D eigenvalue weighted by Gasteiger charge is -2.10. The third-order valence-corrected chi connectivity index (χ3v) is 5.45. The van der Waals surface area contributed by atoms with Gasteiger partial charge in [0.05, 0.1) is 15.8 Å². The Balaban J connectivity index is 1.62. The van der Waals surface area contributed by atoms with E-state index in [0.29, 0.717) is 29.0 Å². The van der Waals surface area contributed by atoms with Gasteiger partial charge in [-0.2, -0.15) is 0 Å². The number of carbonyl (C=O) groups excluding carboxylic acids is 1. The molecule has 0 saturated carbocycles. The van der Waals surface area contributed by atoms with Crippen LogP contribution in [0, 0.1) is 11.6 Å². The molecule has 0 saturated heterocycles. The molecule has 0 unspecified atom stereocenters. The van der Waals surface area contributed by atoms with Gasteiger partial charge in [0.15, 0.2) is 11.0 Å². The number of nitrogens with zero attached hydrogens (tertiary/aromatic N) is 3. The molecule has 0 spiro atoms. The molecule has 0 aliphatic heterocycles. The minimum absolute atomic E-state index is 0.0404. The Morgan fingerprint density at radius 3 is 2.55 bits per heavy atom. The maximum atomic E-state index is 13.3. The molecule has 0 atom stereocenters. The number of anilines is 1. The van der Waals surface area contributed by atoms with Crippen molar-refractivity contribution in [2.24, 2.45) is 0 Å². The fourth-order valence-electron chi connectivity index (χ4n) is 2.46. The summed E-state index contributed by atoms with van der Waals surface area (Å²) >= 11 is 12.6. The molecule has 1 amide bonds. The van der Waals surface area contributed by atoms with E-state index in [1.165, 1.54) is 36.4 Å². The van der Waals surface area contributed by atoms with E-state index in [1.807, 2.05) is 0 Å². The van der Waals surface area contributed by atoms with Crippen LogP contribution in [0.2, 0.25) is 10.0 Å². The first-order valence-corrected chi connectivity index (χ1v) is 10.6. The zero-order chi connectivity index (χ0) is 22.4. The largest absolute Gasteiger partial charge is 0.486 e. The number of aromatic nitrogens is 3. The number of carbonyl (C=O) groups is 1. The van der Waals surface area contributed by atoms with Crippen molar-refractivity contribution in [3.8, 4) is 5.75 Å². The van der Waals surface area contributed by atoms with Gasteiger partial charge in [-0.05, 0) is 30.3 Å². The first-order chi connectivity index (χ1) is 14.9. The number of nitrogens with one attached hydrogen (secondary N) is 1. The Morgan fingerprint density at radius 2 is 1.87 bits per heavy atom. The summed E-state index contributed by atoms with van der Waals surface area (Å²) in [4.78, 5) is 12.2. The van der Waals surface area contributed by atoms with E-state index in [-0.39, 0.29) is 28.3 Å². The molecule has 0 radical (unpaired) electrons. The lowest BCUT2D eigenvalue weighted by Crippen LogP contribution is -2.15. The third-order valence-electron chi connectivity index (χ3n) is 3.90. The maximum Gasteiger partial charge on any atom is 0.234 e. The van der Waals surface area contributed by atoms with Crippen LogP contribution in [0.15, 0.2) is 54.2 Å². The van der Waals surface area contributed by atoms with Gasteiger partial charge in [0.25, 0.3) is 0 Å². The summed E-state index contributed by atoms with van der Waals surface area (Å²) < 4.78 is 33.9. The number of benzene rings is 2. The fraction of sp³-hybridized carbons (Fsp3) is 0.150. The van der Waals surface area contributed by atoms with Crippen molar-refractivity contribution in [2.75, 3.05) is 11.1 Å². The second-order valence-corrected chi connectivity index (χ2v) is 7.89. The first kappa shape index (κ1) is 23.1. The quantitative estimate of drug-likeness (QED) is 0.327. The standard InChI is InChI=1S/C20H16Cl2F2N4O2S/c1-2-7-28-18(10-30-13-4-6-17(24)15(22)9-13)26-27-20(28)31-11-19(29)25-12-3-5-16(23)14(21)8-12/h2-6,8-9H,1,7,10-11H2,(H,25,29). The van der Waals surface area contributed by atoms with Crippen LogP contribution in [0.4, 0.5) is 14.5 Å². The van der Waals surface area contributed by atoms with Gasteiger partial charge in [0.2, 0.25) is 5.91 Å². The number of hydrogen-bond donors (Lipinski definition) is 1. The van der Waals surface area contributed by atoms with E-state index in [0.717, 1.165) is 11.8 Å². The van der Waals surface area contributed by atoms with Crippen LogP contribution in [-0.2, 0) is 17.9 Å².